The highest BCUT2D eigenvalue weighted by Gasteiger charge is 2.24. The summed E-state index contributed by atoms with van der Waals surface area (Å²) < 4.78 is 6.40. The van der Waals surface area contributed by atoms with Crippen LogP contribution >= 0.6 is 46.4 Å². The number of H-pyrrole nitrogens is 1. The summed E-state index contributed by atoms with van der Waals surface area (Å²) in [6.07, 6.45) is 9.33. The molecule has 1 aromatic heterocycles. The maximum Gasteiger partial charge on any atom is 0.417 e. The Morgan fingerprint density at radius 1 is 0.922 bits per heavy atom. The molecule has 1 unspecified atom stereocenters. The first-order valence-electron chi connectivity index (χ1n) is 16.5. The Balaban J connectivity index is 1.47. The monoisotopic (exact) mass is 778 g/mol. The third-order valence-electron chi connectivity index (χ3n) is 7.82. The topological polar surface area (TPSA) is 160 Å². The van der Waals surface area contributed by atoms with E-state index in [4.69, 9.17) is 51.1 Å². The van der Waals surface area contributed by atoms with Crippen molar-refractivity contribution in [2.24, 2.45) is 0 Å². The highest BCUT2D eigenvalue weighted by molar-refractivity contribution is 6.40. The molecule has 1 heterocycles. The number of unbranched alkanes of at least 4 members (excludes halogenated alkanes) is 7. The van der Waals surface area contributed by atoms with Gasteiger partial charge in [-0.3, -0.25) is 30.1 Å². The average Bonchev–Trinajstić information content (AvgIpc) is 3.37. The van der Waals surface area contributed by atoms with Crippen molar-refractivity contribution in [3.05, 3.63) is 102 Å². The highest BCUT2D eigenvalue weighted by Crippen LogP contribution is 2.33. The van der Waals surface area contributed by atoms with Crippen molar-refractivity contribution in [2.45, 2.75) is 70.1 Å². The second-order valence-corrected chi connectivity index (χ2v) is 13.6. The van der Waals surface area contributed by atoms with E-state index in [-0.39, 0.29) is 49.2 Å². The fourth-order valence-electron chi connectivity index (χ4n) is 5.20. The molecular weight excluding hydrogens is 742 g/mol. The van der Waals surface area contributed by atoms with Gasteiger partial charge in [0, 0.05) is 40.6 Å². The Kier molecular flexibility index (Phi) is 15.0. The number of non-ortho nitro benzene ring substituents is 1. The number of amides is 2. The van der Waals surface area contributed by atoms with Gasteiger partial charge in [-0.15, -0.1) is 11.6 Å². The highest BCUT2D eigenvalue weighted by atomic mass is 35.5. The number of aromatic amines is 1. The first-order valence-corrected chi connectivity index (χ1v) is 18.1. The molecular formula is C35H38Cl4N6O6. The molecule has 16 heteroatoms. The molecule has 0 spiro atoms. The van der Waals surface area contributed by atoms with Crippen LogP contribution in [0.25, 0.3) is 5.69 Å². The summed E-state index contributed by atoms with van der Waals surface area (Å²) in [5.74, 6) is -0.896. The number of rotatable bonds is 18. The number of alkyl halides is 1. The molecule has 4 rings (SSSR count). The lowest BCUT2D eigenvalue weighted by Gasteiger charge is -2.12. The van der Waals surface area contributed by atoms with Gasteiger partial charge in [0.15, 0.2) is 5.82 Å². The van der Waals surface area contributed by atoms with E-state index >= 15 is 0 Å². The molecule has 272 valence electrons. The number of nitrogens with one attached hydrogen (secondary N) is 4. The molecule has 0 aliphatic carbocycles. The zero-order chi connectivity index (χ0) is 36.9. The number of carbonyl (C=O) groups is 2. The van der Waals surface area contributed by atoms with E-state index < -0.39 is 22.3 Å². The number of nitro groups is 1. The SMILES string of the molecule is CCCCCCCCCCC(Cl)CNC(=O)c1cccc(Nc2[nH]n(-c3c(Cl)cc(Cl)cc3Cl)c(=O)c2OC(=O)Nc2ccc([N+](=O)[O-])cc2)c1. The number of anilines is 3. The van der Waals surface area contributed by atoms with Crippen LogP contribution < -0.4 is 26.2 Å². The number of nitro benzene ring substituents is 1. The summed E-state index contributed by atoms with van der Waals surface area (Å²) in [6.45, 7) is 2.51. The van der Waals surface area contributed by atoms with Crippen molar-refractivity contribution in [3.8, 4) is 11.4 Å². The lowest BCUT2D eigenvalue weighted by Crippen LogP contribution is -2.29. The van der Waals surface area contributed by atoms with Crippen LogP contribution in [-0.2, 0) is 0 Å². The number of halogens is 4. The second-order valence-electron chi connectivity index (χ2n) is 11.8. The molecule has 0 fully saturated rings. The quantitative estimate of drug-likeness (QED) is 0.0338. The number of benzene rings is 3. The van der Waals surface area contributed by atoms with E-state index in [1.54, 1.807) is 24.3 Å². The third-order valence-corrected chi connectivity index (χ3v) is 8.99. The number of nitrogens with zero attached hydrogens (tertiary/aromatic N) is 2. The lowest BCUT2D eigenvalue weighted by molar-refractivity contribution is -0.384. The minimum absolute atomic E-state index is 0.0305. The molecule has 2 amide bonds. The zero-order valence-corrected chi connectivity index (χ0v) is 30.8. The Hall–Kier alpha value is -4.23. The van der Waals surface area contributed by atoms with Crippen LogP contribution in [0.3, 0.4) is 0 Å². The summed E-state index contributed by atoms with van der Waals surface area (Å²) in [5.41, 5.74) is -0.123. The van der Waals surface area contributed by atoms with Crippen LogP contribution in [0.15, 0.2) is 65.5 Å². The summed E-state index contributed by atoms with van der Waals surface area (Å²) in [6, 6.07) is 14.2. The van der Waals surface area contributed by atoms with Gasteiger partial charge in [-0.1, -0.05) is 99.2 Å². The van der Waals surface area contributed by atoms with Crippen LogP contribution in [0.1, 0.15) is 75.1 Å². The van der Waals surface area contributed by atoms with Crippen LogP contribution in [0.5, 0.6) is 5.75 Å². The number of hydrogen-bond donors (Lipinski definition) is 4. The molecule has 0 saturated carbocycles. The second kappa shape index (κ2) is 19.4. The summed E-state index contributed by atoms with van der Waals surface area (Å²) in [4.78, 5) is 50.0. The minimum Gasteiger partial charge on any atom is -0.400 e. The van der Waals surface area contributed by atoms with Gasteiger partial charge in [0.05, 0.1) is 20.3 Å². The first kappa shape index (κ1) is 39.6. The van der Waals surface area contributed by atoms with Crippen molar-refractivity contribution in [3.63, 3.8) is 0 Å². The molecule has 4 N–H and O–H groups in total. The Labute approximate surface area is 314 Å². The molecule has 0 bridgehead atoms. The maximum atomic E-state index is 13.7. The van der Waals surface area contributed by atoms with Crippen molar-refractivity contribution < 1.29 is 19.2 Å². The fourth-order valence-corrected chi connectivity index (χ4v) is 6.42. The first-order chi connectivity index (χ1) is 24.5. The van der Waals surface area contributed by atoms with Crippen LogP contribution in [0.4, 0.5) is 27.7 Å². The van der Waals surface area contributed by atoms with Gasteiger partial charge in [-0.05, 0) is 48.9 Å². The van der Waals surface area contributed by atoms with Crippen LogP contribution in [0, 0.1) is 10.1 Å². The van der Waals surface area contributed by atoms with Crippen molar-refractivity contribution in [1.29, 1.82) is 0 Å². The van der Waals surface area contributed by atoms with Gasteiger partial charge in [0.25, 0.3) is 11.6 Å². The van der Waals surface area contributed by atoms with E-state index in [1.165, 1.54) is 74.9 Å². The van der Waals surface area contributed by atoms with Gasteiger partial charge < -0.3 is 15.4 Å². The van der Waals surface area contributed by atoms with E-state index in [1.807, 2.05) is 0 Å². The molecule has 3 aromatic carbocycles. The Morgan fingerprint density at radius 2 is 1.57 bits per heavy atom. The predicted octanol–water partition coefficient (Wildman–Crippen LogP) is 10.3. The van der Waals surface area contributed by atoms with Gasteiger partial charge >= 0.3 is 11.7 Å². The Bertz CT molecular complexity index is 1860. The smallest absolute Gasteiger partial charge is 0.400 e. The number of hydrogen-bond acceptors (Lipinski definition) is 7. The molecule has 1 atom stereocenters. The summed E-state index contributed by atoms with van der Waals surface area (Å²) in [5, 5.41) is 22.2. The summed E-state index contributed by atoms with van der Waals surface area (Å²) in [7, 11) is 0. The molecule has 51 heavy (non-hydrogen) atoms. The fraction of sp³-hybridized carbons (Fsp3) is 0.343. The summed E-state index contributed by atoms with van der Waals surface area (Å²) >= 11 is 25.3. The van der Waals surface area contributed by atoms with E-state index in [9.17, 15) is 24.5 Å². The predicted molar refractivity (Wildman–Crippen MR) is 203 cm³/mol. The van der Waals surface area contributed by atoms with Gasteiger partial charge in [0.2, 0.25) is 5.75 Å². The lowest BCUT2D eigenvalue weighted by atomic mass is 10.1. The van der Waals surface area contributed by atoms with Crippen molar-refractivity contribution in [2.75, 3.05) is 17.2 Å². The van der Waals surface area contributed by atoms with Crippen LogP contribution in [-0.4, -0.2) is 38.6 Å². The van der Waals surface area contributed by atoms with Crippen molar-refractivity contribution in [1.82, 2.24) is 15.1 Å². The zero-order valence-electron chi connectivity index (χ0n) is 27.8. The Morgan fingerprint density at radius 3 is 2.22 bits per heavy atom. The molecule has 0 saturated heterocycles. The normalized spacial score (nSPS) is 11.5. The third kappa shape index (κ3) is 11.6. The average molecular weight is 781 g/mol. The number of aromatic nitrogens is 2. The number of carbonyl (C=O) groups excluding carboxylic acids is 2. The molecule has 4 aromatic rings. The molecule has 0 aliphatic rings. The maximum absolute atomic E-state index is 13.7. The molecule has 0 radical (unpaired) electrons. The molecule has 0 aliphatic heterocycles. The van der Waals surface area contributed by atoms with Crippen LogP contribution in [0.2, 0.25) is 15.1 Å². The van der Waals surface area contributed by atoms with E-state index in [0.717, 1.165) is 23.9 Å². The number of ether oxygens (including phenoxy) is 1. The standard InChI is InChI=1S/C35H38Cl4N6O6/c1-2-3-4-5-6-7-8-9-12-23(36)21-40-33(46)22-11-10-13-26(18-22)41-32-31(51-35(48)42-25-14-16-27(17-15-25)45(49)50)34(47)44(43-32)30-28(38)19-24(37)20-29(30)39/h10-11,13-20,23,41,43H,2-9,12,21H2,1H3,(H,40,46)(H,42,48). The minimum atomic E-state index is -1.07. The van der Waals surface area contributed by atoms with E-state index in [0.29, 0.717) is 17.8 Å². The largest absolute Gasteiger partial charge is 0.417 e. The van der Waals surface area contributed by atoms with Gasteiger partial charge in [-0.2, -0.15) is 0 Å². The van der Waals surface area contributed by atoms with Gasteiger partial charge in [-0.25, -0.2) is 9.48 Å². The van der Waals surface area contributed by atoms with E-state index in [2.05, 4.69) is 28.0 Å². The van der Waals surface area contributed by atoms with Gasteiger partial charge in [0.1, 0.15) is 5.69 Å². The van der Waals surface area contributed by atoms with Crippen molar-refractivity contribution >= 4 is 81.3 Å². The molecule has 12 nitrogen and oxygen atoms in total.